The maximum Gasteiger partial charge on any atom is 0.226 e. The van der Waals surface area contributed by atoms with Crippen molar-refractivity contribution in [3.8, 4) is 23.0 Å². The van der Waals surface area contributed by atoms with E-state index in [9.17, 15) is 5.11 Å². The molecule has 0 fully saturated rings. The maximum atomic E-state index is 9.52. The van der Waals surface area contributed by atoms with Crippen molar-refractivity contribution in [1.29, 1.82) is 0 Å². The van der Waals surface area contributed by atoms with Crippen molar-refractivity contribution < 1.29 is 14.3 Å². The second kappa shape index (κ2) is 6.57. The van der Waals surface area contributed by atoms with Crippen molar-refractivity contribution in [3.05, 3.63) is 65.5 Å². The van der Waals surface area contributed by atoms with Gasteiger partial charge < -0.3 is 14.3 Å². The first-order chi connectivity index (χ1) is 11.1. The summed E-state index contributed by atoms with van der Waals surface area (Å²) < 4.78 is 11.5. The van der Waals surface area contributed by atoms with E-state index in [0.29, 0.717) is 18.9 Å². The molecule has 118 valence electrons. The molecule has 4 heteroatoms. The lowest BCUT2D eigenvalue weighted by Gasteiger charge is -2.06. The normalized spacial score (nSPS) is 10.7. The Morgan fingerprint density at radius 1 is 1.09 bits per heavy atom. The molecule has 1 heterocycles. The highest BCUT2D eigenvalue weighted by atomic mass is 16.5. The van der Waals surface area contributed by atoms with Gasteiger partial charge in [-0.25, -0.2) is 4.98 Å². The van der Waals surface area contributed by atoms with Crippen LogP contribution in [0.5, 0.6) is 11.5 Å². The Bertz CT molecular complexity index is 794. The molecule has 2 aromatic carbocycles. The zero-order chi connectivity index (χ0) is 16.2. The number of hydrogen-bond acceptors (Lipinski definition) is 4. The number of rotatable bonds is 5. The number of nitrogens with zero attached hydrogens (tertiary/aromatic N) is 1. The number of aromatic nitrogens is 1. The molecule has 0 amide bonds. The summed E-state index contributed by atoms with van der Waals surface area (Å²) in [7, 11) is 0. The minimum absolute atomic E-state index is 0.275. The van der Waals surface area contributed by atoms with Gasteiger partial charge in [0.15, 0.2) is 0 Å². The van der Waals surface area contributed by atoms with Crippen LogP contribution in [0.25, 0.3) is 11.5 Å². The first-order valence-electron chi connectivity index (χ1n) is 7.57. The number of benzene rings is 2. The summed E-state index contributed by atoms with van der Waals surface area (Å²) in [5.74, 6) is 2.47. The van der Waals surface area contributed by atoms with E-state index in [0.717, 1.165) is 28.3 Å². The van der Waals surface area contributed by atoms with Crippen LogP contribution in [0, 0.1) is 13.8 Å². The monoisotopic (exact) mass is 309 g/mol. The molecule has 1 N–H and O–H groups in total. The molecule has 3 aromatic rings. The number of oxazole rings is 1. The SMILES string of the molecule is Cc1cc(OCCc2nc(-c3ccccc3)oc2C)ccc1O. The highest BCUT2D eigenvalue weighted by Gasteiger charge is 2.11. The number of hydrogen-bond donors (Lipinski definition) is 1. The molecule has 23 heavy (non-hydrogen) atoms. The molecule has 0 saturated carbocycles. The van der Waals surface area contributed by atoms with E-state index in [2.05, 4.69) is 4.98 Å². The van der Waals surface area contributed by atoms with Gasteiger partial charge in [0.25, 0.3) is 0 Å². The lowest BCUT2D eigenvalue weighted by atomic mass is 10.2. The van der Waals surface area contributed by atoms with Crippen molar-refractivity contribution in [2.24, 2.45) is 0 Å². The van der Waals surface area contributed by atoms with Gasteiger partial charge in [-0.15, -0.1) is 0 Å². The molecule has 4 nitrogen and oxygen atoms in total. The molecule has 0 atom stereocenters. The fourth-order valence-electron chi connectivity index (χ4n) is 2.35. The second-order valence-corrected chi connectivity index (χ2v) is 5.43. The average Bonchev–Trinajstić information content (AvgIpc) is 2.93. The second-order valence-electron chi connectivity index (χ2n) is 5.43. The smallest absolute Gasteiger partial charge is 0.226 e. The van der Waals surface area contributed by atoms with Gasteiger partial charge in [0, 0.05) is 12.0 Å². The van der Waals surface area contributed by atoms with Gasteiger partial charge in [0.1, 0.15) is 17.3 Å². The van der Waals surface area contributed by atoms with E-state index in [1.165, 1.54) is 0 Å². The highest BCUT2D eigenvalue weighted by Crippen LogP contribution is 2.23. The number of phenolic OH excluding ortho intramolecular Hbond substituents is 1. The lowest BCUT2D eigenvalue weighted by molar-refractivity contribution is 0.319. The summed E-state index contributed by atoms with van der Waals surface area (Å²) in [6.45, 7) is 4.27. The molecule has 0 aliphatic carbocycles. The summed E-state index contributed by atoms with van der Waals surface area (Å²) in [5.41, 5.74) is 2.67. The summed E-state index contributed by atoms with van der Waals surface area (Å²) >= 11 is 0. The predicted molar refractivity (Wildman–Crippen MR) is 88.7 cm³/mol. The van der Waals surface area contributed by atoms with Crippen LogP contribution in [0.3, 0.4) is 0 Å². The van der Waals surface area contributed by atoms with Crippen LogP contribution < -0.4 is 4.74 Å². The van der Waals surface area contributed by atoms with E-state index < -0.39 is 0 Å². The first kappa shape index (κ1) is 15.2. The molecule has 0 aliphatic heterocycles. The van der Waals surface area contributed by atoms with E-state index in [-0.39, 0.29) is 5.75 Å². The zero-order valence-corrected chi connectivity index (χ0v) is 13.2. The van der Waals surface area contributed by atoms with Gasteiger partial charge in [0.05, 0.1) is 12.3 Å². The fourth-order valence-corrected chi connectivity index (χ4v) is 2.35. The van der Waals surface area contributed by atoms with E-state index in [1.54, 1.807) is 12.1 Å². The van der Waals surface area contributed by atoms with Crippen LogP contribution >= 0.6 is 0 Å². The minimum Gasteiger partial charge on any atom is -0.508 e. The quantitative estimate of drug-likeness (QED) is 0.764. The lowest BCUT2D eigenvalue weighted by Crippen LogP contribution is -2.02. The molecule has 0 saturated heterocycles. The third-order valence-corrected chi connectivity index (χ3v) is 3.69. The van der Waals surface area contributed by atoms with Gasteiger partial charge in [-0.1, -0.05) is 18.2 Å². The highest BCUT2D eigenvalue weighted by molar-refractivity contribution is 5.53. The van der Waals surface area contributed by atoms with Gasteiger partial charge in [-0.3, -0.25) is 0 Å². The Labute approximate surface area is 135 Å². The summed E-state index contributed by atoms with van der Waals surface area (Å²) in [4.78, 5) is 4.56. The van der Waals surface area contributed by atoms with Gasteiger partial charge in [-0.2, -0.15) is 0 Å². The van der Waals surface area contributed by atoms with Gasteiger partial charge >= 0.3 is 0 Å². The molecular weight excluding hydrogens is 290 g/mol. The Balaban J connectivity index is 1.64. The van der Waals surface area contributed by atoms with Crippen molar-refractivity contribution >= 4 is 0 Å². The van der Waals surface area contributed by atoms with Gasteiger partial charge in [0.2, 0.25) is 5.89 Å². The Morgan fingerprint density at radius 3 is 2.61 bits per heavy atom. The van der Waals surface area contributed by atoms with E-state index in [4.69, 9.17) is 9.15 Å². The molecular formula is C19H19NO3. The van der Waals surface area contributed by atoms with E-state index in [1.807, 2.05) is 50.2 Å². The van der Waals surface area contributed by atoms with Crippen molar-refractivity contribution in [3.63, 3.8) is 0 Å². The Kier molecular flexibility index (Phi) is 4.33. The molecule has 1 aromatic heterocycles. The fraction of sp³-hybridized carbons (Fsp3) is 0.211. The predicted octanol–water partition coefficient (Wildman–Crippen LogP) is 4.29. The molecule has 0 bridgehead atoms. The summed E-state index contributed by atoms with van der Waals surface area (Å²) in [6.07, 6.45) is 0.669. The van der Waals surface area contributed by atoms with Crippen molar-refractivity contribution in [2.45, 2.75) is 20.3 Å². The third kappa shape index (κ3) is 3.54. The van der Waals surface area contributed by atoms with E-state index >= 15 is 0 Å². The first-order valence-corrected chi connectivity index (χ1v) is 7.57. The number of aromatic hydroxyl groups is 1. The van der Waals surface area contributed by atoms with Crippen LogP contribution in [0.15, 0.2) is 52.9 Å². The average molecular weight is 309 g/mol. The minimum atomic E-state index is 0.275. The summed E-state index contributed by atoms with van der Waals surface area (Å²) in [5, 5.41) is 9.52. The zero-order valence-electron chi connectivity index (χ0n) is 13.2. The molecule has 0 spiro atoms. The van der Waals surface area contributed by atoms with Crippen LogP contribution in [0.4, 0.5) is 0 Å². The van der Waals surface area contributed by atoms with Crippen LogP contribution in [-0.4, -0.2) is 16.7 Å². The topological polar surface area (TPSA) is 55.5 Å². The van der Waals surface area contributed by atoms with Gasteiger partial charge in [-0.05, 0) is 49.7 Å². The number of phenols is 1. The van der Waals surface area contributed by atoms with Crippen molar-refractivity contribution in [1.82, 2.24) is 4.98 Å². The Morgan fingerprint density at radius 2 is 1.87 bits per heavy atom. The van der Waals surface area contributed by atoms with Crippen LogP contribution in [-0.2, 0) is 6.42 Å². The molecule has 3 rings (SSSR count). The number of aryl methyl sites for hydroxylation is 2. The molecule has 0 aliphatic rings. The molecule has 0 unspecified atom stereocenters. The Hall–Kier alpha value is -2.75. The maximum absolute atomic E-state index is 9.52. The standard InChI is InChI=1S/C19H19NO3/c1-13-12-16(8-9-18(13)21)22-11-10-17-14(2)23-19(20-17)15-6-4-3-5-7-15/h3-9,12,21H,10-11H2,1-2H3. The van der Waals surface area contributed by atoms with Crippen LogP contribution in [0.2, 0.25) is 0 Å². The van der Waals surface area contributed by atoms with Crippen LogP contribution in [0.1, 0.15) is 17.0 Å². The van der Waals surface area contributed by atoms with Crippen molar-refractivity contribution in [2.75, 3.05) is 6.61 Å². The third-order valence-electron chi connectivity index (χ3n) is 3.69. The summed E-state index contributed by atoms with van der Waals surface area (Å²) in [6, 6.07) is 15.1. The molecule has 0 radical (unpaired) electrons. The largest absolute Gasteiger partial charge is 0.508 e. The number of ether oxygens (including phenoxy) is 1.